The van der Waals surface area contributed by atoms with Gasteiger partial charge in [-0.2, -0.15) is 0 Å². The van der Waals surface area contributed by atoms with Crippen LogP contribution < -0.4 is 5.32 Å². The molecule has 0 radical (unpaired) electrons. The fourth-order valence-electron chi connectivity index (χ4n) is 1.67. The predicted molar refractivity (Wildman–Crippen MR) is 68.5 cm³/mol. The number of nitrogens with one attached hydrogen (secondary N) is 1. The highest BCUT2D eigenvalue weighted by atomic mass is 16.3. The molecule has 0 saturated heterocycles. The van der Waals surface area contributed by atoms with Gasteiger partial charge in [-0.05, 0) is 25.0 Å². The Kier molecular flexibility index (Phi) is 4.51. The van der Waals surface area contributed by atoms with Crippen LogP contribution in [0.2, 0.25) is 0 Å². The van der Waals surface area contributed by atoms with E-state index in [0.29, 0.717) is 6.04 Å². The van der Waals surface area contributed by atoms with Crippen LogP contribution in [-0.2, 0) is 0 Å². The van der Waals surface area contributed by atoms with Crippen LogP contribution in [0.1, 0.15) is 37.9 Å². The summed E-state index contributed by atoms with van der Waals surface area (Å²) in [5.41, 5.74) is 2.58. The average molecular weight is 221 g/mol. The van der Waals surface area contributed by atoms with Gasteiger partial charge in [0.05, 0.1) is 0 Å². The largest absolute Gasteiger partial charge is 0.396 e. The predicted octanol–water partition coefficient (Wildman–Crippen LogP) is 2.66. The van der Waals surface area contributed by atoms with Gasteiger partial charge in [-0.1, -0.05) is 38.1 Å². The normalized spacial score (nSPS) is 13.8. The summed E-state index contributed by atoms with van der Waals surface area (Å²) in [5, 5.41) is 12.7. The van der Waals surface area contributed by atoms with Crippen LogP contribution in [0.15, 0.2) is 24.3 Å². The molecule has 1 aromatic carbocycles. The molecule has 0 spiro atoms. The maximum Gasteiger partial charge on any atom is 0.0494 e. The smallest absolute Gasteiger partial charge is 0.0494 e. The molecule has 90 valence electrons. The molecule has 0 unspecified atom stereocenters. The first-order chi connectivity index (χ1) is 7.46. The minimum atomic E-state index is -0.0586. The Labute approximate surface area is 98.7 Å². The maximum atomic E-state index is 9.19. The molecule has 16 heavy (non-hydrogen) atoms. The van der Waals surface area contributed by atoms with Crippen LogP contribution >= 0.6 is 0 Å². The molecular formula is C14H23NO. The van der Waals surface area contributed by atoms with Crippen LogP contribution in [0.5, 0.6) is 0 Å². The van der Waals surface area contributed by atoms with Crippen LogP contribution in [-0.4, -0.2) is 18.3 Å². The van der Waals surface area contributed by atoms with Crippen LogP contribution in [0.25, 0.3) is 0 Å². The monoisotopic (exact) mass is 221 g/mol. The lowest BCUT2D eigenvalue weighted by Crippen LogP contribution is -2.33. The van der Waals surface area contributed by atoms with Gasteiger partial charge < -0.3 is 10.4 Å². The fourth-order valence-corrected chi connectivity index (χ4v) is 1.67. The SMILES string of the molecule is Cc1ccccc1[C@@H](C)NCC(C)(C)CO. The van der Waals surface area contributed by atoms with Crippen molar-refractivity contribution in [2.24, 2.45) is 5.41 Å². The molecule has 2 nitrogen and oxygen atoms in total. The number of aryl methyl sites for hydroxylation is 1. The first kappa shape index (κ1) is 13.2. The van der Waals surface area contributed by atoms with Crippen molar-refractivity contribution in [2.45, 2.75) is 33.7 Å². The maximum absolute atomic E-state index is 9.19. The summed E-state index contributed by atoms with van der Waals surface area (Å²) in [4.78, 5) is 0. The summed E-state index contributed by atoms with van der Waals surface area (Å²) in [6.45, 7) is 9.44. The summed E-state index contributed by atoms with van der Waals surface area (Å²) in [5.74, 6) is 0. The molecule has 1 atom stereocenters. The Bertz CT molecular complexity index is 333. The number of rotatable bonds is 5. The summed E-state index contributed by atoms with van der Waals surface area (Å²) >= 11 is 0. The number of hydrogen-bond acceptors (Lipinski definition) is 2. The number of benzene rings is 1. The van der Waals surface area contributed by atoms with Gasteiger partial charge in [0.15, 0.2) is 0 Å². The molecule has 0 aliphatic rings. The standard InChI is InChI=1S/C14H23NO/c1-11-7-5-6-8-13(11)12(2)15-9-14(3,4)10-16/h5-8,12,15-16H,9-10H2,1-4H3/t12-/m1/s1. The number of hydrogen-bond donors (Lipinski definition) is 2. The Hall–Kier alpha value is -0.860. The summed E-state index contributed by atoms with van der Waals surface area (Å²) in [6, 6.07) is 8.73. The molecule has 2 N–H and O–H groups in total. The third-order valence-electron chi connectivity index (χ3n) is 2.97. The first-order valence-electron chi connectivity index (χ1n) is 5.86. The van der Waals surface area contributed by atoms with Gasteiger partial charge in [-0.3, -0.25) is 0 Å². The molecule has 0 saturated carbocycles. The van der Waals surface area contributed by atoms with Crippen molar-refractivity contribution in [1.82, 2.24) is 5.32 Å². The van der Waals surface area contributed by atoms with Crippen molar-refractivity contribution in [3.05, 3.63) is 35.4 Å². The van der Waals surface area contributed by atoms with E-state index in [1.54, 1.807) is 0 Å². The number of aliphatic hydroxyl groups excluding tert-OH is 1. The first-order valence-corrected chi connectivity index (χ1v) is 5.86. The fraction of sp³-hybridized carbons (Fsp3) is 0.571. The van der Waals surface area contributed by atoms with E-state index >= 15 is 0 Å². The summed E-state index contributed by atoms with van der Waals surface area (Å²) in [6.07, 6.45) is 0. The lowest BCUT2D eigenvalue weighted by atomic mass is 9.93. The molecule has 1 aromatic rings. The molecule has 0 fully saturated rings. The van der Waals surface area contributed by atoms with E-state index in [-0.39, 0.29) is 12.0 Å². The van der Waals surface area contributed by atoms with Gasteiger partial charge in [0.25, 0.3) is 0 Å². The van der Waals surface area contributed by atoms with Crippen molar-refractivity contribution in [3.63, 3.8) is 0 Å². The van der Waals surface area contributed by atoms with Gasteiger partial charge in [0.1, 0.15) is 0 Å². The van der Waals surface area contributed by atoms with Crippen molar-refractivity contribution < 1.29 is 5.11 Å². The van der Waals surface area contributed by atoms with Crippen molar-refractivity contribution >= 4 is 0 Å². The molecule has 0 amide bonds. The van der Waals surface area contributed by atoms with E-state index in [9.17, 15) is 5.11 Å². The van der Waals surface area contributed by atoms with Crippen molar-refractivity contribution in [3.8, 4) is 0 Å². The lowest BCUT2D eigenvalue weighted by Gasteiger charge is -2.25. The molecule has 0 aromatic heterocycles. The second kappa shape index (κ2) is 5.46. The minimum absolute atomic E-state index is 0.0586. The Morgan fingerprint density at radius 2 is 1.94 bits per heavy atom. The van der Waals surface area contributed by atoms with E-state index in [1.807, 2.05) is 0 Å². The van der Waals surface area contributed by atoms with Gasteiger partial charge in [-0.15, -0.1) is 0 Å². The topological polar surface area (TPSA) is 32.3 Å². The van der Waals surface area contributed by atoms with E-state index < -0.39 is 0 Å². The minimum Gasteiger partial charge on any atom is -0.396 e. The zero-order chi connectivity index (χ0) is 12.2. The van der Waals surface area contributed by atoms with E-state index in [0.717, 1.165) is 6.54 Å². The quantitative estimate of drug-likeness (QED) is 0.801. The van der Waals surface area contributed by atoms with Gasteiger partial charge >= 0.3 is 0 Å². The van der Waals surface area contributed by atoms with Crippen LogP contribution in [0.3, 0.4) is 0 Å². The molecule has 1 rings (SSSR count). The van der Waals surface area contributed by atoms with Crippen molar-refractivity contribution in [2.75, 3.05) is 13.2 Å². The third kappa shape index (κ3) is 3.62. The second-order valence-electron chi connectivity index (χ2n) is 5.28. The molecular weight excluding hydrogens is 198 g/mol. The van der Waals surface area contributed by atoms with E-state index in [2.05, 4.69) is 57.3 Å². The highest BCUT2D eigenvalue weighted by Gasteiger charge is 2.17. The molecule has 0 heterocycles. The van der Waals surface area contributed by atoms with Gasteiger partial charge in [0, 0.05) is 24.6 Å². The van der Waals surface area contributed by atoms with Gasteiger partial charge in [0.2, 0.25) is 0 Å². The average Bonchev–Trinajstić information content (AvgIpc) is 2.27. The zero-order valence-electron chi connectivity index (χ0n) is 10.7. The Balaban J connectivity index is 2.60. The van der Waals surface area contributed by atoms with Crippen LogP contribution in [0.4, 0.5) is 0 Å². The molecule has 0 aliphatic heterocycles. The Morgan fingerprint density at radius 1 is 1.31 bits per heavy atom. The van der Waals surface area contributed by atoms with E-state index in [1.165, 1.54) is 11.1 Å². The highest BCUT2D eigenvalue weighted by molar-refractivity contribution is 5.28. The molecule has 0 bridgehead atoms. The lowest BCUT2D eigenvalue weighted by molar-refractivity contribution is 0.154. The Morgan fingerprint density at radius 3 is 2.50 bits per heavy atom. The third-order valence-corrected chi connectivity index (χ3v) is 2.97. The van der Waals surface area contributed by atoms with Crippen LogP contribution in [0, 0.1) is 12.3 Å². The van der Waals surface area contributed by atoms with E-state index in [4.69, 9.17) is 0 Å². The highest BCUT2D eigenvalue weighted by Crippen LogP contribution is 2.19. The molecule has 2 heteroatoms. The zero-order valence-corrected chi connectivity index (χ0v) is 10.7. The summed E-state index contributed by atoms with van der Waals surface area (Å²) < 4.78 is 0. The van der Waals surface area contributed by atoms with Crippen molar-refractivity contribution in [1.29, 1.82) is 0 Å². The summed E-state index contributed by atoms with van der Waals surface area (Å²) in [7, 11) is 0. The second-order valence-corrected chi connectivity index (χ2v) is 5.28. The van der Waals surface area contributed by atoms with Gasteiger partial charge in [-0.25, -0.2) is 0 Å². The number of aliphatic hydroxyl groups is 1. The molecule has 0 aliphatic carbocycles.